The highest BCUT2D eigenvalue weighted by molar-refractivity contribution is 5.81. The highest BCUT2D eigenvalue weighted by Crippen LogP contribution is 2.31. The van der Waals surface area contributed by atoms with Crippen molar-refractivity contribution in [1.82, 2.24) is 9.55 Å². The van der Waals surface area contributed by atoms with E-state index in [0.29, 0.717) is 23.3 Å². The number of unbranched alkanes of at least 4 members (excludes halogenated alkanes) is 3. The Balaban J connectivity index is 1.87. The molecule has 164 valence electrons. The van der Waals surface area contributed by atoms with Gasteiger partial charge in [-0.3, -0.25) is 9.36 Å². The Bertz CT molecular complexity index is 1290. The third-order valence-corrected chi connectivity index (χ3v) is 5.91. The van der Waals surface area contributed by atoms with Crippen LogP contribution in [-0.4, -0.2) is 16.2 Å². The maximum absolute atomic E-state index is 13.6. The highest BCUT2D eigenvalue weighted by Gasteiger charge is 2.18. The van der Waals surface area contributed by atoms with E-state index in [1.54, 1.807) is 4.57 Å². The number of rotatable bonds is 8. The van der Waals surface area contributed by atoms with Crippen molar-refractivity contribution in [2.24, 2.45) is 0 Å². The van der Waals surface area contributed by atoms with E-state index >= 15 is 0 Å². The first kappa shape index (κ1) is 21.8. The van der Waals surface area contributed by atoms with Crippen molar-refractivity contribution in [3.05, 3.63) is 88.2 Å². The Labute approximate surface area is 189 Å². The van der Waals surface area contributed by atoms with E-state index in [0.717, 1.165) is 35.4 Å². The van der Waals surface area contributed by atoms with E-state index in [9.17, 15) is 4.79 Å². The summed E-state index contributed by atoms with van der Waals surface area (Å²) in [6.45, 7) is 6.99. The summed E-state index contributed by atoms with van der Waals surface area (Å²) in [5, 5.41) is 0.604. The fraction of sp³-hybridized carbons (Fsp3) is 0.286. The topological polar surface area (TPSA) is 44.1 Å². The van der Waals surface area contributed by atoms with Crippen LogP contribution in [0.2, 0.25) is 0 Å². The number of benzene rings is 3. The van der Waals surface area contributed by atoms with Crippen LogP contribution in [0.25, 0.3) is 28.0 Å². The standard InChI is InChI=1S/C28H30N2O2/c1-4-5-6-11-18-32-26-15-10-8-13-24(26)27-29-25-14-9-7-12-23(25)28(31)30(27)22-17-16-20(2)21(3)19-22/h7-10,12-17,19H,4-6,11,18H2,1-3H3. The molecule has 0 saturated carbocycles. The molecule has 1 aromatic heterocycles. The number of para-hydroxylation sites is 2. The van der Waals surface area contributed by atoms with Gasteiger partial charge in [-0.2, -0.15) is 0 Å². The predicted octanol–water partition coefficient (Wildman–Crippen LogP) is 6.63. The fourth-order valence-electron chi connectivity index (χ4n) is 3.91. The molecule has 0 aliphatic heterocycles. The summed E-state index contributed by atoms with van der Waals surface area (Å²) in [5.41, 5.74) is 4.56. The summed E-state index contributed by atoms with van der Waals surface area (Å²) in [4.78, 5) is 18.6. The molecule has 1 heterocycles. The lowest BCUT2D eigenvalue weighted by atomic mass is 10.1. The monoisotopic (exact) mass is 426 g/mol. The van der Waals surface area contributed by atoms with Gasteiger partial charge in [0.25, 0.3) is 5.56 Å². The molecule has 4 heteroatoms. The zero-order valence-corrected chi connectivity index (χ0v) is 19.1. The first-order chi connectivity index (χ1) is 15.6. The van der Waals surface area contributed by atoms with Gasteiger partial charge >= 0.3 is 0 Å². The number of nitrogens with zero attached hydrogens (tertiary/aromatic N) is 2. The molecule has 0 radical (unpaired) electrons. The average molecular weight is 427 g/mol. The van der Waals surface area contributed by atoms with Gasteiger partial charge in [-0.1, -0.05) is 56.5 Å². The second-order valence-electron chi connectivity index (χ2n) is 8.27. The zero-order valence-electron chi connectivity index (χ0n) is 19.1. The first-order valence-electron chi connectivity index (χ1n) is 11.4. The maximum atomic E-state index is 13.6. The predicted molar refractivity (Wildman–Crippen MR) is 132 cm³/mol. The average Bonchev–Trinajstić information content (AvgIpc) is 2.81. The first-order valence-corrected chi connectivity index (χ1v) is 11.4. The molecule has 4 nitrogen and oxygen atoms in total. The second-order valence-corrected chi connectivity index (χ2v) is 8.27. The van der Waals surface area contributed by atoms with Gasteiger partial charge in [-0.05, 0) is 67.8 Å². The van der Waals surface area contributed by atoms with Gasteiger partial charge in [0.15, 0.2) is 5.82 Å². The minimum absolute atomic E-state index is 0.0772. The van der Waals surface area contributed by atoms with Gasteiger partial charge in [0, 0.05) is 0 Å². The van der Waals surface area contributed by atoms with E-state index in [-0.39, 0.29) is 5.56 Å². The molecule has 0 amide bonds. The smallest absolute Gasteiger partial charge is 0.266 e. The number of ether oxygens (including phenoxy) is 1. The van der Waals surface area contributed by atoms with Crippen LogP contribution >= 0.6 is 0 Å². The summed E-state index contributed by atoms with van der Waals surface area (Å²) >= 11 is 0. The van der Waals surface area contributed by atoms with Gasteiger partial charge in [-0.25, -0.2) is 4.98 Å². The van der Waals surface area contributed by atoms with Crippen molar-refractivity contribution in [3.8, 4) is 22.8 Å². The normalized spacial score (nSPS) is 11.1. The molecular formula is C28H30N2O2. The van der Waals surface area contributed by atoms with Crippen molar-refractivity contribution in [2.75, 3.05) is 6.61 Å². The molecule has 0 atom stereocenters. The molecule has 0 fully saturated rings. The fourth-order valence-corrected chi connectivity index (χ4v) is 3.91. The molecule has 4 rings (SSSR count). The maximum Gasteiger partial charge on any atom is 0.266 e. The van der Waals surface area contributed by atoms with Gasteiger partial charge in [0.05, 0.1) is 28.8 Å². The van der Waals surface area contributed by atoms with Crippen LogP contribution in [0.15, 0.2) is 71.5 Å². The zero-order chi connectivity index (χ0) is 22.5. The molecule has 0 aliphatic carbocycles. The van der Waals surface area contributed by atoms with Gasteiger partial charge in [-0.15, -0.1) is 0 Å². The number of hydrogen-bond donors (Lipinski definition) is 0. The summed E-state index contributed by atoms with van der Waals surface area (Å²) < 4.78 is 7.88. The molecule has 0 saturated heterocycles. The van der Waals surface area contributed by atoms with Crippen LogP contribution in [-0.2, 0) is 0 Å². The molecular weight excluding hydrogens is 396 g/mol. The largest absolute Gasteiger partial charge is 0.493 e. The van der Waals surface area contributed by atoms with Gasteiger partial charge < -0.3 is 4.74 Å². The Hall–Kier alpha value is -3.40. The number of aromatic nitrogens is 2. The van der Waals surface area contributed by atoms with Gasteiger partial charge in [0.1, 0.15) is 5.75 Å². The lowest BCUT2D eigenvalue weighted by Crippen LogP contribution is -2.22. The lowest BCUT2D eigenvalue weighted by Gasteiger charge is -2.17. The molecule has 32 heavy (non-hydrogen) atoms. The SMILES string of the molecule is CCCCCCOc1ccccc1-c1nc2ccccc2c(=O)n1-c1ccc(C)c(C)c1. The van der Waals surface area contributed by atoms with Crippen molar-refractivity contribution in [3.63, 3.8) is 0 Å². The Morgan fingerprint density at radius 1 is 0.875 bits per heavy atom. The Morgan fingerprint density at radius 3 is 2.47 bits per heavy atom. The quantitative estimate of drug-likeness (QED) is 0.297. The van der Waals surface area contributed by atoms with Crippen LogP contribution in [0.3, 0.4) is 0 Å². The minimum atomic E-state index is -0.0772. The van der Waals surface area contributed by atoms with Crippen molar-refractivity contribution < 1.29 is 4.74 Å². The van der Waals surface area contributed by atoms with Crippen molar-refractivity contribution >= 4 is 10.9 Å². The molecule has 0 unspecified atom stereocenters. The highest BCUT2D eigenvalue weighted by atomic mass is 16.5. The molecule has 4 aromatic rings. The minimum Gasteiger partial charge on any atom is -0.493 e. The van der Waals surface area contributed by atoms with E-state index in [2.05, 4.69) is 20.8 Å². The Morgan fingerprint density at radius 2 is 1.66 bits per heavy atom. The van der Waals surface area contributed by atoms with Crippen LogP contribution < -0.4 is 10.3 Å². The van der Waals surface area contributed by atoms with Crippen molar-refractivity contribution in [1.29, 1.82) is 0 Å². The summed E-state index contributed by atoms with van der Waals surface area (Å²) in [7, 11) is 0. The van der Waals surface area contributed by atoms with E-state index < -0.39 is 0 Å². The van der Waals surface area contributed by atoms with E-state index in [4.69, 9.17) is 9.72 Å². The van der Waals surface area contributed by atoms with E-state index in [1.807, 2.05) is 66.7 Å². The number of aryl methyl sites for hydroxylation is 2. The van der Waals surface area contributed by atoms with Crippen LogP contribution in [0.5, 0.6) is 5.75 Å². The molecule has 0 N–H and O–H groups in total. The van der Waals surface area contributed by atoms with Gasteiger partial charge in [0.2, 0.25) is 0 Å². The number of fused-ring (bicyclic) bond motifs is 1. The van der Waals surface area contributed by atoms with E-state index in [1.165, 1.54) is 18.4 Å². The van der Waals surface area contributed by atoms with Crippen LogP contribution in [0, 0.1) is 13.8 Å². The summed E-state index contributed by atoms with van der Waals surface area (Å²) in [5.74, 6) is 1.35. The molecule has 0 spiro atoms. The molecule has 0 aliphatic rings. The third-order valence-electron chi connectivity index (χ3n) is 5.91. The molecule has 0 bridgehead atoms. The molecule has 3 aromatic carbocycles. The summed E-state index contributed by atoms with van der Waals surface area (Å²) in [6, 6.07) is 21.5. The Kier molecular flexibility index (Phi) is 6.69. The van der Waals surface area contributed by atoms with Crippen LogP contribution in [0.1, 0.15) is 43.7 Å². The third kappa shape index (κ3) is 4.45. The van der Waals surface area contributed by atoms with Crippen molar-refractivity contribution in [2.45, 2.75) is 46.5 Å². The second kappa shape index (κ2) is 9.82. The summed E-state index contributed by atoms with van der Waals surface area (Å²) in [6.07, 6.45) is 4.57. The lowest BCUT2D eigenvalue weighted by molar-refractivity contribution is 0.306. The number of hydrogen-bond acceptors (Lipinski definition) is 3. The van der Waals surface area contributed by atoms with Crippen LogP contribution in [0.4, 0.5) is 0 Å².